The number of aryl methyl sites for hydroxylation is 1. The molecule has 1 aliphatic rings. The zero-order chi connectivity index (χ0) is 29.4. The van der Waals surface area contributed by atoms with Gasteiger partial charge in [0.05, 0.1) is 23.4 Å². The van der Waals surface area contributed by atoms with Crippen molar-refractivity contribution in [3.8, 4) is 5.75 Å². The molecular formula is C29H30F3N5O4. The molecule has 0 fully saturated rings. The Kier molecular flexibility index (Phi) is 9.33. The van der Waals surface area contributed by atoms with E-state index in [9.17, 15) is 18.0 Å². The first-order chi connectivity index (χ1) is 19.6. The standard InChI is InChI=1S/C27H26F3N5O2.C2H4O2/c28-27(29,30)37-21-12-11-19-14-20(32-26(36)33-23-9-4-10-24-22(23)16-31-34-24)17-35(25(19)15-21)13-5-8-18-6-2-1-3-7-18;1-2(3)4/h1-4,6-7,9-12,15-16,20H,5,8,13-14,17H2,(H,31,34)(H2,32,33,36);1H3,(H,3,4). The molecule has 1 atom stereocenters. The van der Waals surface area contributed by atoms with Crippen molar-refractivity contribution < 1.29 is 32.6 Å². The summed E-state index contributed by atoms with van der Waals surface area (Å²) < 4.78 is 42.6. The Morgan fingerprint density at radius 1 is 1.12 bits per heavy atom. The minimum absolute atomic E-state index is 0.234. The molecule has 9 nitrogen and oxygen atoms in total. The Morgan fingerprint density at radius 3 is 2.61 bits per heavy atom. The Labute approximate surface area is 234 Å². The van der Waals surface area contributed by atoms with Gasteiger partial charge in [-0.25, -0.2) is 4.79 Å². The third kappa shape index (κ3) is 8.62. The highest BCUT2D eigenvalue weighted by molar-refractivity contribution is 6.00. The van der Waals surface area contributed by atoms with Gasteiger partial charge in [0.2, 0.25) is 0 Å². The number of nitrogens with zero attached hydrogens (tertiary/aromatic N) is 2. The predicted octanol–water partition coefficient (Wildman–Crippen LogP) is 5.74. The number of carbonyl (C=O) groups excluding carboxylic acids is 1. The number of hydrogen-bond donors (Lipinski definition) is 4. The number of benzene rings is 3. The van der Waals surface area contributed by atoms with Gasteiger partial charge in [0.25, 0.3) is 5.97 Å². The number of rotatable bonds is 7. The van der Waals surface area contributed by atoms with Crippen LogP contribution in [-0.4, -0.2) is 52.8 Å². The van der Waals surface area contributed by atoms with Gasteiger partial charge in [-0.15, -0.1) is 13.2 Å². The highest BCUT2D eigenvalue weighted by Gasteiger charge is 2.32. The molecule has 12 heteroatoms. The third-order valence-electron chi connectivity index (χ3n) is 6.34. The minimum Gasteiger partial charge on any atom is -0.481 e. The molecule has 2 heterocycles. The molecule has 4 aromatic rings. The minimum atomic E-state index is -4.76. The highest BCUT2D eigenvalue weighted by Crippen LogP contribution is 2.33. The van der Waals surface area contributed by atoms with Gasteiger partial charge in [-0.3, -0.25) is 9.89 Å². The first kappa shape index (κ1) is 29.2. The summed E-state index contributed by atoms with van der Waals surface area (Å²) in [6.45, 7) is 2.16. The smallest absolute Gasteiger partial charge is 0.481 e. The summed E-state index contributed by atoms with van der Waals surface area (Å²) in [6, 6.07) is 19.3. The van der Waals surface area contributed by atoms with Crippen molar-refractivity contribution in [3.63, 3.8) is 0 Å². The van der Waals surface area contributed by atoms with E-state index in [1.165, 1.54) is 17.7 Å². The summed E-state index contributed by atoms with van der Waals surface area (Å²) in [6.07, 6.45) is -0.994. The van der Waals surface area contributed by atoms with E-state index < -0.39 is 12.3 Å². The quantitative estimate of drug-likeness (QED) is 0.225. The molecule has 0 saturated carbocycles. The molecule has 216 valence electrons. The maximum absolute atomic E-state index is 12.9. The second-order valence-corrected chi connectivity index (χ2v) is 9.53. The number of carboxylic acids is 1. The van der Waals surface area contributed by atoms with Crippen LogP contribution in [0, 0.1) is 0 Å². The fourth-order valence-electron chi connectivity index (χ4n) is 4.75. The highest BCUT2D eigenvalue weighted by atomic mass is 19.4. The van der Waals surface area contributed by atoms with Gasteiger partial charge < -0.3 is 25.4 Å². The zero-order valence-electron chi connectivity index (χ0n) is 22.2. The molecule has 1 aromatic heterocycles. The van der Waals surface area contributed by atoms with Crippen molar-refractivity contribution in [3.05, 3.63) is 84.1 Å². The van der Waals surface area contributed by atoms with Crippen LogP contribution in [0.25, 0.3) is 10.9 Å². The van der Waals surface area contributed by atoms with Gasteiger partial charge in [-0.2, -0.15) is 5.10 Å². The lowest BCUT2D eigenvalue weighted by Crippen LogP contribution is -2.49. The third-order valence-corrected chi connectivity index (χ3v) is 6.34. The van der Waals surface area contributed by atoms with Crippen molar-refractivity contribution in [2.75, 3.05) is 23.3 Å². The average Bonchev–Trinajstić information content (AvgIpc) is 3.38. The monoisotopic (exact) mass is 569 g/mol. The summed E-state index contributed by atoms with van der Waals surface area (Å²) in [5, 5.41) is 21.0. The number of anilines is 2. The Bertz CT molecular complexity index is 1470. The molecule has 5 rings (SSSR count). The molecule has 0 spiro atoms. The first-order valence-electron chi connectivity index (χ1n) is 12.9. The van der Waals surface area contributed by atoms with E-state index >= 15 is 0 Å². The zero-order valence-corrected chi connectivity index (χ0v) is 22.2. The van der Waals surface area contributed by atoms with Crippen LogP contribution in [0.3, 0.4) is 0 Å². The number of hydrogen-bond acceptors (Lipinski definition) is 5. The summed E-state index contributed by atoms with van der Waals surface area (Å²) >= 11 is 0. The van der Waals surface area contributed by atoms with Crippen LogP contribution < -0.4 is 20.3 Å². The SMILES string of the molecule is CC(=O)O.O=C(Nc1cccc2[nH]ncc12)NC1Cc2ccc(OC(F)(F)F)cc2N(CCCc2ccccc2)C1. The van der Waals surface area contributed by atoms with Crippen molar-refractivity contribution in [2.24, 2.45) is 0 Å². The van der Waals surface area contributed by atoms with Crippen LogP contribution in [0.4, 0.5) is 29.3 Å². The topological polar surface area (TPSA) is 120 Å². The lowest BCUT2D eigenvalue weighted by Gasteiger charge is -2.37. The average molecular weight is 570 g/mol. The fourth-order valence-corrected chi connectivity index (χ4v) is 4.75. The van der Waals surface area contributed by atoms with Crippen LogP contribution in [0.5, 0.6) is 5.75 Å². The number of ether oxygens (including phenoxy) is 1. The van der Waals surface area contributed by atoms with Crippen molar-refractivity contribution in [1.29, 1.82) is 0 Å². The number of halogens is 3. The lowest BCUT2D eigenvalue weighted by molar-refractivity contribution is -0.274. The number of carbonyl (C=O) groups is 2. The number of amides is 2. The van der Waals surface area contributed by atoms with Gasteiger partial charge in [-0.05, 0) is 48.6 Å². The number of nitrogens with one attached hydrogen (secondary N) is 3. The fraction of sp³-hybridized carbons (Fsp3) is 0.276. The summed E-state index contributed by atoms with van der Waals surface area (Å²) in [4.78, 5) is 23.9. The first-order valence-corrected chi connectivity index (χ1v) is 12.9. The van der Waals surface area contributed by atoms with E-state index in [1.54, 1.807) is 18.3 Å². The van der Waals surface area contributed by atoms with E-state index in [2.05, 4.69) is 37.7 Å². The molecule has 0 aliphatic carbocycles. The molecular weight excluding hydrogens is 539 g/mol. The predicted molar refractivity (Wildman–Crippen MR) is 149 cm³/mol. The van der Waals surface area contributed by atoms with Crippen LogP contribution in [-0.2, 0) is 17.6 Å². The number of H-pyrrole nitrogens is 1. The second-order valence-electron chi connectivity index (χ2n) is 9.53. The van der Waals surface area contributed by atoms with Crippen molar-refractivity contribution in [1.82, 2.24) is 15.5 Å². The molecule has 2 amide bonds. The van der Waals surface area contributed by atoms with Crippen LogP contribution in [0.1, 0.15) is 24.5 Å². The molecule has 41 heavy (non-hydrogen) atoms. The van der Waals surface area contributed by atoms with Gasteiger partial charge in [0.15, 0.2) is 0 Å². The van der Waals surface area contributed by atoms with Gasteiger partial charge >= 0.3 is 12.4 Å². The molecule has 0 bridgehead atoms. The van der Waals surface area contributed by atoms with E-state index in [-0.39, 0.29) is 17.8 Å². The summed E-state index contributed by atoms with van der Waals surface area (Å²) in [7, 11) is 0. The molecule has 0 radical (unpaired) electrons. The molecule has 3 aromatic carbocycles. The number of aromatic nitrogens is 2. The Hall–Kier alpha value is -4.74. The Morgan fingerprint density at radius 2 is 1.88 bits per heavy atom. The van der Waals surface area contributed by atoms with Crippen LogP contribution in [0.15, 0.2) is 72.9 Å². The second kappa shape index (κ2) is 13.1. The summed E-state index contributed by atoms with van der Waals surface area (Å²) in [5.41, 5.74) is 4.18. The summed E-state index contributed by atoms with van der Waals surface area (Å²) in [5.74, 6) is -1.09. The normalized spacial score (nSPS) is 14.4. The largest absolute Gasteiger partial charge is 0.573 e. The van der Waals surface area contributed by atoms with E-state index in [0.29, 0.717) is 30.9 Å². The molecule has 0 saturated heterocycles. The van der Waals surface area contributed by atoms with Gasteiger partial charge in [0.1, 0.15) is 5.75 Å². The van der Waals surface area contributed by atoms with E-state index in [1.807, 2.05) is 35.2 Å². The maximum Gasteiger partial charge on any atom is 0.573 e. The number of aliphatic carboxylic acids is 1. The maximum atomic E-state index is 12.9. The van der Waals surface area contributed by atoms with Crippen molar-refractivity contribution in [2.45, 2.75) is 38.6 Å². The van der Waals surface area contributed by atoms with Crippen LogP contribution in [0.2, 0.25) is 0 Å². The van der Waals surface area contributed by atoms with E-state index in [0.717, 1.165) is 36.2 Å². The van der Waals surface area contributed by atoms with E-state index in [4.69, 9.17) is 9.90 Å². The van der Waals surface area contributed by atoms with Crippen LogP contribution >= 0.6 is 0 Å². The molecule has 1 aliphatic heterocycles. The lowest BCUT2D eigenvalue weighted by atomic mass is 9.97. The van der Waals surface area contributed by atoms with Crippen molar-refractivity contribution >= 4 is 34.3 Å². The number of urea groups is 1. The number of alkyl halides is 3. The van der Waals surface area contributed by atoms with Gasteiger partial charge in [0, 0.05) is 37.2 Å². The molecule has 4 N–H and O–H groups in total. The number of carboxylic acid groups (broad SMARTS) is 1. The van der Waals surface area contributed by atoms with Gasteiger partial charge in [-0.1, -0.05) is 42.5 Å². The number of fused-ring (bicyclic) bond motifs is 2. The number of aromatic amines is 1. The Balaban J connectivity index is 0.000000909. The molecule has 1 unspecified atom stereocenters.